The first-order valence-electron chi connectivity index (χ1n) is 11.6. The van der Waals surface area contributed by atoms with Crippen LogP contribution in [0.15, 0.2) is 12.2 Å². The molecule has 4 aliphatic carbocycles. The number of ether oxygens (including phenoxy) is 1. The lowest BCUT2D eigenvalue weighted by Crippen LogP contribution is -2.72. The van der Waals surface area contributed by atoms with Crippen LogP contribution in [0.1, 0.15) is 67.2 Å². The summed E-state index contributed by atoms with van der Waals surface area (Å²) >= 11 is 0. The number of Topliss-reactive ketones (excluding diaryl/α,β-unsaturated/α-hetero) is 4. The highest BCUT2D eigenvalue weighted by atomic mass is 16.5. The molecular formula is C26H34O7. The van der Waals surface area contributed by atoms with Gasteiger partial charge in [-0.05, 0) is 38.0 Å². The molecule has 0 bridgehead atoms. The third kappa shape index (κ3) is 2.19. The fourth-order valence-corrected chi connectivity index (χ4v) is 8.89. The summed E-state index contributed by atoms with van der Waals surface area (Å²) in [5, 5.41) is 11.1. The van der Waals surface area contributed by atoms with Crippen LogP contribution in [0.4, 0.5) is 0 Å². The molecule has 0 aromatic rings. The Hall–Kier alpha value is -2.15. The van der Waals surface area contributed by atoms with Crippen LogP contribution >= 0.6 is 0 Å². The highest BCUT2D eigenvalue weighted by Crippen LogP contribution is 2.77. The average molecular weight is 459 g/mol. The molecule has 1 N–H and O–H groups in total. The summed E-state index contributed by atoms with van der Waals surface area (Å²) in [6.45, 7) is 14.0. The van der Waals surface area contributed by atoms with Crippen molar-refractivity contribution in [2.75, 3.05) is 7.11 Å². The minimum atomic E-state index is -2.41. The molecule has 0 aromatic carbocycles. The minimum absolute atomic E-state index is 0.0270. The second kappa shape index (κ2) is 6.29. The minimum Gasteiger partial charge on any atom is -0.468 e. The van der Waals surface area contributed by atoms with Gasteiger partial charge in [-0.3, -0.25) is 24.0 Å². The van der Waals surface area contributed by atoms with Crippen LogP contribution in [0.25, 0.3) is 0 Å². The number of aliphatic hydroxyl groups is 1. The van der Waals surface area contributed by atoms with Crippen molar-refractivity contribution >= 4 is 29.1 Å². The number of carbonyl (C=O) groups is 5. The van der Waals surface area contributed by atoms with Crippen LogP contribution in [0.3, 0.4) is 0 Å². The molecule has 0 spiro atoms. The molecule has 0 unspecified atom stereocenters. The Morgan fingerprint density at radius 2 is 1.61 bits per heavy atom. The quantitative estimate of drug-likeness (QED) is 0.365. The molecule has 0 heterocycles. The highest BCUT2D eigenvalue weighted by molar-refractivity contribution is 6.30. The predicted molar refractivity (Wildman–Crippen MR) is 118 cm³/mol. The topological polar surface area (TPSA) is 115 Å². The Kier molecular flexibility index (Phi) is 4.57. The van der Waals surface area contributed by atoms with E-state index in [-0.39, 0.29) is 18.0 Å². The van der Waals surface area contributed by atoms with Gasteiger partial charge in [0.1, 0.15) is 11.6 Å². The zero-order chi connectivity index (χ0) is 25.2. The van der Waals surface area contributed by atoms with E-state index in [1.807, 2.05) is 6.92 Å². The van der Waals surface area contributed by atoms with Gasteiger partial charge in [-0.1, -0.05) is 39.8 Å². The molecule has 0 aliphatic heterocycles. The molecular weight excluding hydrogens is 424 g/mol. The van der Waals surface area contributed by atoms with Gasteiger partial charge in [0.05, 0.1) is 12.5 Å². The molecule has 180 valence electrons. The summed E-state index contributed by atoms with van der Waals surface area (Å²) in [5.74, 6) is -3.78. The number of fused-ring (bicyclic) bond motifs is 5. The second-order valence-corrected chi connectivity index (χ2v) is 12.1. The van der Waals surface area contributed by atoms with Gasteiger partial charge in [0.15, 0.2) is 22.6 Å². The van der Waals surface area contributed by atoms with Crippen molar-refractivity contribution in [2.45, 2.75) is 72.8 Å². The Balaban J connectivity index is 2.08. The molecule has 0 amide bonds. The van der Waals surface area contributed by atoms with Gasteiger partial charge in [0.2, 0.25) is 0 Å². The summed E-state index contributed by atoms with van der Waals surface area (Å²) in [6.07, 6.45) is 0.873. The van der Waals surface area contributed by atoms with E-state index in [2.05, 4.69) is 6.58 Å². The van der Waals surface area contributed by atoms with E-state index in [1.165, 1.54) is 6.92 Å². The van der Waals surface area contributed by atoms with Gasteiger partial charge < -0.3 is 9.84 Å². The lowest BCUT2D eigenvalue weighted by atomic mass is 9.32. The van der Waals surface area contributed by atoms with Crippen LogP contribution in [0, 0.1) is 38.9 Å². The zero-order valence-electron chi connectivity index (χ0n) is 20.6. The fourth-order valence-electron chi connectivity index (χ4n) is 8.89. The molecule has 7 nitrogen and oxygen atoms in total. The van der Waals surface area contributed by atoms with Gasteiger partial charge in [-0.25, -0.2) is 0 Å². The van der Waals surface area contributed by atoms with Crippen molar-refractivity contribution < 1.29 is 33.8 Å². The maximum atomic E-state index is 14.0. The average Bonchev–Trinajstić information content (AvgIpc) is 2.83. The van der Waals surface area contributed by atoms with Crippen molar-refractivity contribution in [1.82, 2.24) is 0 Å². The Bertz CT molecular complexity index is 1050. The number of hydrogen-bond donors (Lipinski definition) is 1. The normalized spacial score (nSPS) is 48.8. The molecule has 7 heteroatoms. The second-order valence-electron chi connectivity index (χ2n) is 12.1. The van der Waals surface area contributed by atoms with Crippen LogP contribution in [0.2, 0.25) is 0 Å². The summed E-state index contributed by atoms with van der Waals surface area (Å²) in [7, 11) is 1.15. The van der Waals surface area contributed by atoms with Crippen LogP contribution in [-0.2, 0) is 28.7 Å². The summed E-state index contributed by atoms with van der Waals surface area (Å²) < 4.78 is 5.17. The smallest absolute Gasteiger partial charge is 0.321 e. The van der Waals surface area contributed by atoms with Gasteiger partial charge in [0, 0.05) is 29.6 Å². The number of rotatable bonds is 1. The lowest BCUT2D eigenvalue weighted by molar-refractivity contribution is -0.214. The van der Waals surface area contributed by atoms with Gasteiger partial charge >= 0.3 is 5.97 Å². The van der Waals surface area contributed by atoms with Gasteiger partial charge in [-0.15, -0.1) is 0 Å². The SMILES string of the molecule is C=C1C[C@@H]2[C@@]3(C)CCC(=O)C(C)(C)[C@@H]3C(=O)C[C@@]2(C)[C@@]2(C(=O)OC)C(=O)[C@](C)(O)C(=O)[C@@]12C. The number of hydrogen-bond acceptors (Lipinski definition) is 7. The Morgan fingerprint density at radius 1 is 1.03 bits per heavy atom. The predicted octanol–water partition coefficient (Wildman–Crippen LogP) is 2.62. The monoisotopic (exact) mass is 458 g/mol. The number of ketones is 4. The molecule has 0 aromatic heterocycles. The maximum absolute atomic E-state index is 14.0. The van der Waals surface area contributed by atoms with E-state index in [4.69, 9.17) is 4.74 Å². The maximum Gasteiger partial charge on any atom is 0.321 e. The van der Waals surface area contributed by atoms with Gasteiger partial charge in [-0.2, -0.15) is 0 Å². The molecule has 0 saturated heterocycles. The molecule has 4 saturated carbocycles. The fraction of sp³-hybridized carbons (Fsp3) is 0.731. The first-order valence-corrected chi connectivity index (χ1v) is 11.6. The Labute approximate surface area is 194 Å². The van der Waals surface area contributed by atoms with Crippen molar-refractivity contribution in [2.24, 2.45) is 38.9 Å². The van der Waals surface area contributed by atoms with E-state index in [0.29, 0.717) is 24.8 Å². The number of methoxy groups -OCH3 is 1. The lowest BCUT2D eigenvalue weighted by Gasteiger charge is -2.68. The molecule has 0 radical (unpaired) electrons. The van der Waals surface area contributed by atoms with Crippen molar-refractivity contribution in [3.8, 4) is 0 Å². The number of allylic oxidation sites excluding steroid dienone is 1. The standard InChI is InChI=1S/C26H34O7/c1-13-11-15-22(4)10-9-16(28)21(2,3)17(22)14(27)12-23(15,5)26(20(31)33-8)19(30)25(7,32)18(29)24(13,26)6/h15,17,32H,1,9-12H2,2-8H3/t15-,17+,22-,23-,24-,25-,26+/m1/s1. The summed E-state index contributed by atoms with van der Waals surface area (Å²) in [5.41, 5.74) is -8.72. The first kappa shape index (κ1) is 24.0. The van der Waals surface area contributed by atoms with E-state index in [0.717, 1.165) is 14.0 Å². The van der Waals surface area contributed by atoms with Crippen LogP contribution < -0.4 is 0 Å². The third-order valence-electron chi connectivity index (χ3n) is 10.4. The van der Waals surface area contributed by atoms with Crippen molar-refractivity contribution in [1.29, 1.82) is 0 Å². The van der Waals surface area contributed by atoms with Crippen molar-refractivity contribution in [3.05, 3.63) is 12.2 Å². The number of esters is 1. The number of carbonyl (C=O) groups excluding carboxylic acids is 5. The van der Waals surface area contributed by atoms with E-state index in [9.17, 15) is 29.1 Å². The molecule has 7 atom stereocenters. The molecule has 4 rings (SSSR count). The molecule has 4 aliphatic rings. The summed E-state index contributed by atoms with van der Waals surface area (Å²) in [6, 6.07) is 0. The third-order valence-corrected chi connectivity index (χ3v) is 10.4. The van der Waals surface area contributed by atoms with Crippen molar-refractivity contribution in [3.63, 3.8) is 0 Å². The van der Waals surface area contributed by atoms with Crippen LogP contribution in [0.5, 0.6) is 0 Å². The Morgan fingerprint density at radius 3 is 2.15 bits per heavy atom. The molecule has 33 heavy (non-hydrogen) atoms. The highest BCUT2D eigenvalue weighted by Gasteiger charge is 2.86. The van der Waals surface area contributed by atoms with Crippen LogP contribution in [-0.4, -0.2) is 46.9 Å². The van der Waals surface area contributed by atoms with E-state index >= 15 is 0 Å². The van der Waals surface area contributed by atoms with E-state index < -0.39 is 62.0 Å². The molecule has 4 fully saturated rings. The largest absolute Gasteiger partial charge is 0.468 e. The zero-order valence-corrected chi connectivity index (χ0v) is 20.6. The summed E-state index contributed by atoms with van der Waals surface area (Å²) in [4.78, 5) is 67.9. The first-order chi connectivity index (χ1) is 14.9. The van der Waals surface area contributed by atoms with E-state index in [1.54, 1.807) is 20.8 Å². The van der Waals surface area contributed by atoms with Gasteiger partial charge in [0.25, 0.3) is 0 Å².